The predicted molar refractivity (Wildman–Crippen MR) is 61.7 cm³/mol. The van der Waals surface area contributed by atoms with E-state index in [0.717, 1.165) is 6.29 Å². The average molecular weight is 248 g/mol. The summed E-state index contributed by atoms with van der Waals surface area (Å²) in [5.41, 5.74) is 0.523. The van der Waals surface area contributed by atoms with Crippen molar-refractivity contribution in [2.24, 2.45) is 0 Å². The normalized spacial score (nSPS) is 10.1. The lowest BCUT2D eigenvalue weighted by molar-refractivity contribution is 0.112. The average Bonchev–Trinajstić information content (AvgIpc) is 2.82. The molecule has 0 saturated heterocycles. The fraction of sp³-hybridized carbons (Fsp3) is 0.250. The zero-order valence-corrected chi connectivity index (χ0v) is 10.0. The third-order valence-corrected chi connectivity index (χ3v) is 2.25. The number of nitrogens with zero attached hydrogens (tertiary/aromatic N) is 2. The summed E-state index contributed by atoms with van der Waals surface area (Å²) in [5.74, 6) is 1.94. The Bertz CT molecular complexity index is 551. The molecule has 0 aliphatic heterocycles. The Balaban J connectivity index is 2.11. The quantitative estimate of drug-likeness (QED) is 0.751. The van der Waals surface area contributed by atoms with E-state index in [1.54, 1.807) is 25.1 Å². The van der Waals surface area contributed by atoms with Crippen LogP contribution in [0.15, 0.2) is 22.7 Å². The lowest BCUT2D eigenvalue weighted by Gasteiger charge is -2.09. The molecular formula is C12H12N2O4. The molecule has 94 valence electrons. The lowest BCUT2D eigenvalue weighted by Crippen LogP contribution is -2.00. The molecule has 0 N–H and O–H groups in total. The van der Waals surface area contributed by atoms with Crippen molar-refractivity contribution < 1.29 is 18.8 Å². The first-order valence-corrected chi connectivity index (χ1v) is 5.28. The number of rotatable bonds is 5. The highest BCUT2D eigenvalue weighted by molar-refractivity contribution is 5.76. The summed E-state index contributed by atoms with van der Waals surface area (Å²) in [4.78, 5) is 14.7. The van der Waals surface area contributed by atoms with Crippen LogP contribution in [0.1, 0.15) is 22.1 Å². The fourth-order valence-electron chi connectivity index (χ4n) is 1.42. The number of ether oxygens (including phenoxy) is 2. The van der Waals surface area contributed by atoms with Gasteiger partial charge < -0.3 is 14.0 Å². The van der Waals surface area contributed by atoms with Gasteiger partial charge in [-0.25, -0.2) is 0 Å². The number of carbonyl (C=O) groups is 1. The van der Waals surface area contributed by atoms with Gasteiger partial charge in [-0.1, -0.05) is 5.16 Å². The first kappa shape index (κ1) is 12.1. The molecular weight excluding hydrogens is 236 g/mol. The second kappa shape index (κ2) is 5.31. The predicted octanol–water partition coefficient (Wildman–Crippen LogP) is 1.78. The Morgan fingerprint density at radius 1 is 1.39 bits per heavy atom. The standard InChI is InChI=1S/C12H12N2O4/c1-8-13-12(14-18-8)7-17-10-4-3-9(6-15)5-11(10)16-2/h3-6H,7H2,1-2H3. The van der Waals surface area contributed by atoms with Crippen molar-refractivity contribution in [3.63, 3.8) is 0 Å². The number of aldehydes is 1. The van der Waals surface area contributed by atoms with E-state index >= 15 is 0 Å². The van der Waals surface area contributed by atoms with Crippen LogP contribution in [0.25, 0.3) is 0 Å². The summed E-state index contributed by atoms with van der Waals surface area (Å²) in [6, 6.07) is 4.91. The van der Waals surface area contributed by atoms with Crippen molar-refractivity contribution in [2.75, 3.05) is 7.11 Å². The zero-order valence-electron chi connectivity index (χ0n) is 10.0. The summed E-state index contributed by atoms with van der Waals surface area (Å²) in [6.45, 7) is 1.88. The van der Waals surface area contributed by atoms with E-state index in [1.165, 1.54) is 7.11 Å². The van der Waals surface area contributed by atoms with Crippen molar-refractivity contribution in [1.82, 2.24) is 10.1 Å². The van der Waals surface area contributed by atoms with Crippen molar-refractivity contribution in [2.45, 2.75) is 13.5 Å². The molecule has 0 radical (unpaired) electrons. The van der Waals surface area contributed by atoms with Gasteiger partial charge in [0.2, 0.25) is 11.7 Å². The van der Waals surface area contributed by atoms with Crippen molar-refractivity contribution in [3.05, 3.63) is 35.5 Å². The monoisotopic (exact) mass is 248 g/mol. The Kier molecular flexibility index (Phi) is 3.57. The van der Waals surface area contributed by atoms with Crippen LogP contribution in [-0.4, -0.2) is 23.5 Å². The van der Waals surface area contributed by atoms with Crippen molar-refractivity contribution in [1.29, 1.82) is 0 Å². The molecule has 2 rings (SSSR count). The van der Waals surface area contributed by atoms with Crippen LogP contribution in [-0.2, 0) is 6.61 Å². The van der Waals surface area contributed by atoms with E-state index in [4.69, 9.17) is 14.0 Å². The van der Waals surface area contributed by atoms with Gasteiger partial charge in [-0.15, -0.1) is 0 Å². The molecule has 6 heteroatoms. The van der Waals surface area contributed by atoms with Crippen molar-refractivity contribution >= 4 is 6.29 Å². The van der Waals surface area contributed by atoms with E-state index in [-0.39, 0.29) is 6.61 Å². The van der Waals surface area contributed by atoms with Crippen LogP contribution in [0.2, 0.25) is 0 Å². The molecule has 0 fully saturated rings. The molecule has 0 aliphatic carbocycles. The fourth-order valence-corrected chi connectivity index (χ4v) is 1.42. The van der Waals surface area contributed by atoms with Crippen LogP contribution in [0, 0.1) is 6.92 Å². The van der Waals surface area contributed by atoms with E-state index in [1.807, 2.05) is 0 Å². The Hall–Kier alpha value is -2.37. The second-order valence-electron chi connectivity index (χ2n) is 3.55. The zero-order chi connectivity index (χ0) is 13.0. The third-order valence-electron chi connectivity index (χ3n) is 2.25. The number of hydrogen-bond donors (Lipinski definition) is 0. The third kappa shape index (κ3) is 2.65. The lowest BCUT2D eigenvalue weighted by atomic mass is 10.2. The van der Waals surface area contributed by atoms with Gasteiger partial charge >= 0.3 is 0 Å². The Morgan fingerprint density at radius 2 is 2.22 bits per heavy atom. The van der Waals surface area contributed by atoms with Crippen LogP contribution in [0.5, 0.6) is 11.5 Å². The second-order valence-corrected chi connectivity index (χ2v) is 3.55. The smallest absolute Gasteiger partial charge is 0.223 e. The maximum atomic E-state index is 10.6. The minimum atomic E-state index is 0.175. The van der Waals surface area contributed by atoms with Gasteiger partial charge in [0.15, 0.2) is 18.1 Å². The minimum absolute atomic E-state index is 0.175. The highest BCUT2D eigenvalue weighted by Crippen LogP contribution is 2.28. The maximum Gasteiger partial charge on any atom is 0.223 e. The van der Waals surface area contributed by atoms with E-state index in [0.29, 0.717) is 28.8 Å². The highest BCUT2D eigenvalue weighted by atomic mass is 16.5. The molecule has 0 aliphatic rings. The van der Waals surface area contributed by atoms with E-state index in [2.05, 4.69) is 10.1 Å². The number of benzene rings is 1. The highest BCUT2D eigenvalue weighted by Gasteiger charge is 2.08. The molecule has 1 aromatic heterocycles. The molecule has 1 aromatic carbocycles. The molecule has 18 heavy (non-hydrogen) atoms. The minimum Gasteiger partial charge on any atom is -0.493 e. The first-order valence-electron chi connectivity index (χ1n) is 5.28. The van der Waals surface area contributed by atoms with Crippen LogP contribution in [0.3, 0.4) is 0 Å². The SMILES string of the molecule is COc1cc(C=O)ccc1OCc1noc(C)n1. The molecule has 1 heterocycles. The van der Waals surface area contributed by atoms with Crippen LogP contribution >= 0.6 is 0 Å². The molecule has 0 bridgehead atoms. The number of carbonyl (C=O) groups excluding carboxylic acids is 1. The van der Waals surface area contributed by atoms with Crippen LogP contribution in [0.4, 0.5) is 0 Å². The number of aryl methyl sites for hydroxylation is 1. The number of methoxy groups -OCH3 is 1. The van der Waals surface area contributed by atoms with Gasteiger partial charge in [-0.3, -0.25) is 4.79 Å². The van der Waals surface area contributed by atoms with Gasteiger partial charge in [0, 0.05) is 12.5 Å². The maximum absolute atomic E-state index is 10.6. The van der Waals surface area contributed by atoms with Gasteiger partial charge in [0.1, 0.15) is 6.29 Å². The molecule has 0 saturated carbocycles. The number of hydrogen-bond acceptors (Lipinski definition) is 6. The van der Waals surface area contributed by atoms with Crippen LogP contribution < -0.4 is 9.47 Å². The molecule has 2 aromatic rings. The topological polar surface area (TPSA) is 74.5 Å². The molecule has 0 amide bonds. The summed E-state index contributed by atoms with van der Waals surface area (Å²) < 4.78 is 15.5. The summed E-state index contributed by atoms with van der Waals surface area (Å²) in [7, 11) is 1.51. The largest absolute Gasteiger partial charge is 0.493 e. The number of aromatic nitrogens is 2. The van der Waals surface area contributed by atoms with Crippen molar-refractivity contribution in [3.8, 4) is 11.5 Å². The first-order chi connectivity index (χ1) is 8.72. The summed E-state index contributed by atoms with van der Waals surface area (Å²) in [5, 5.41) is 3.71. The Labute approximate surface area is 104 Å². The summed E-state index contributed by atoms with van der Waals surface area (Å²) >= 11 is 0. The molecule has 6 nitrogen and oxygen atoms in total. The molecule has 0 atom stereocenters. The van der Waals surface area contributed by atoms with E-state index < -0.39 is 0 Å². The molecule has 0 spiro atoms. The van der Waals surface area contributed by atoms with Gasteiger partial charge in [0.25, 0.3) is 0 Å². The Morgan fingerprint density at radius 3 is 2.83 bits per heavy atom. The summed E-state index contributed by atoms with van der Waals surface area (Å²) in [6.07, 6.45) is 0.745. The van der Waals surface area contributed by atoms with Gasteiger partial charge in [-0.2, -0.15) is 4.98 Å². The van der Waals surface area contributed by atoms with E-state index in [9.17, 15) is 4.79 Å². The van der Waals surface area contributed by atoms with Gasteiger partial charge in [-0.05, 0) is 18.2 Å². The van der Waals surface area contributed by atoms with Gasteiger partial charge in [0.05, 0.1) is 7.11 Å². The molecule has 0 unspecified atom stereocenters.